The first kappa shape index (κ1) is 15.3. The van der Waals surface area contributed by atoms with Crippen LogP contribution in [0.2, 0.25) is 5.02 Å². The van der Waals surface area contributed by atoms with Crippen molar-refractivity contribution in [2.24, 2.45) is 0 Å². The Morgan fingerprint density at radius 3 is 2.56 bits per heavy atom. The van der Waals surface area contributed by atoms with Gasteiger partial charge in [-0.15, -0.1) is 11.8 Å². The lowest BCUT2D eigenvalue weighted by molar-refractivity contribution is -0.121. The Hall–Kier alpha value is -0.710. The van der Waals surface area contributed by atoms with Crippen molar-refractivity contribution >= 4 is 29.3 Å². The van der Waals surface area contributed by atoms with Gasteiger partial charge in [0, 0.05) is 23.1 Å². The van der Waals surface area contributed by atoms with Crippen molar-refractivity contribution in [1.82, 2.24) is 5.32 Å². The van der Waals surface area contributed by atoms with E-state index in [0.29, 0.717) is 11.6 Å². The molecular weight excluding hydrogens is 270 g/mol. The summed E-state index contributed by atoms with van der Waals surface area (Å²) in [5.74, 6) is 0.0134. The number of hydrogen-bond donors (Lipinski definition) is 1. The minimum Gasteiger partial charge on any atom is -0.383 e. The summed E-state index contributed by atoms with van der Waals surface area (Å²) in [4.78, 5) is 12.9. The van der Waals surface area contributed by atoms with Crippen molar-refractivity contribution in [2.45, 2.75) is 30.0 Å². The highest BCUT2D eigenvalue weighted by Gasteiger charge is 2.16. The molecule has 5 heteroatoms. The van der Waals surface area contributed by atoms with Crippen LogP contribution in [0.5, 0.6) is 0 Å². The van der Waals surface area contributed by atoms with Gasteiger partial charge in [0.05, 0.1) is 11.9 Å². The van der Waals surface area contributed by atoms with Crippen molar-refractivity contribution < 1.29 is 9.53 Å². The minimum absolute atomic E-state index is 0.0134. The molecule has 0 aliphatic heterocycles. The van der Waals surface area contributed by atoms with E-state index < -0.39 is 0 Å². The lowest BCUT2D eigenvalue weighted by Crippen LogP contribution is -2.39. The van der Waals surface area contributed by atoms with Crippen molar-refractivity contribution in [2.75, 3.05) is 13.7 Å². The topological polar surface area (TPSA) is 38.3 Å². The first-order valence-corrected chi connectivity index (χ1v) is 7.00. The summed E-state index contributed by atoms with van der Waals surface area (Å²) in [5, 5.41) is 3.45. The van der Waals surface area contributed by atoms with Gasteiger partial charge in [-0.1, -0.05) is 11.6 Å². The molecule has 0 bridgehead atoms. The minimum atomic E-state index is -0.148. The third kappa shape index (κ3) is 5.29. The molecule has 100 valence electrons. The van der Waals surface area contributed by atoms with Gasteiger partial charge in [-0.05, 0) is 38.1 Å². The number of carbonyl (C=O) groups is 1. The van der Waals surface area contributed by atoms with Gasteiger partial charge in [0.25, 0.3) is 0 Å². The van der Waals surface area contributed by atoms with Crippen LogP contribution in [0.1, 0.15) is 13.8 Å². The van der Waals surface area contributed by atoms with Crippen LogP contribution < -0.4 is 5.32 Å². The summed E-state index contributed by atoms with van der Waals surface area (Å²) < 4.78 is 4.98. The van der Waals surface area contributed by atoms with Crippen LogP contribution in [0.3, 0.4) is 0 Å². The quantitative estimate of drug-likeness (QED) is 0.818. The number of hydrogen-bond acceptors (Lipinski definition) is 3. The Balaban J connectivity index is 2.46. The summed E-state index contributed by atoms with van der Waals surface area (Å²) in [6.07, 6.45) is 0. The van der Waals surface area contributed by atoms with E-state index in [1.807, 2.05) is 38.1 Å². The summed E-state index contributed by atoms with van der Waals surface area (Å²) in [5.41, 5.74) is 0. The maximum absolute atomic E-state index is 11.9. The normalized spacial score (nSPS) is 14.0. The van der Waals surface area contributed by atoms with E-state index in [-0.39, 0.29) is 17.2 Å². The monoisotopic (exact) mass is 287 g/mol. The Kier molecular flexibility index (Phi) is 6.54. The van der Waals surface area contributed by atoms with Gasteiger partial charge in [-0.25, -0.2) is 0 Å². The van der Waals surface area contributed by atoms with Gasteiger partial charge in [0.1, 0.15) is 0 Å². The second-order valence-corrected chi connectivity index (χ2v) is 5.93. The molecule has 1 aromatic rings. The number of ether oxygens (including phenoxy) is 1. The number of methoxy groups -OCH3 is 1. The smallest absolute Gasteiger partial charge is 0.233 e. The van der Waals surface area contributed by atoms with E-state index in [0.717, 1.165) is 4.90 Å². The second kappa shape index (κ2) is 7.67. The maximum atomic E-state index is 11.9. The van der Waals surface area contributed by atoms with Gasteiger partial charge >= 0.3 is 0 Å². The van der Waals surface area contributed by atoms with Gasteiger partial charge in [0.15, 0.2) is 0 Å². The number of nitrogens with one attached hydrogen (secondary N) is 1. The molecule has 1 rings (SSSR count). The van der Waals surface area contributed by atoms with Crippen molar-refractivity contribution in [1.29, 1.82) is 0 Å². The highest BCUT2D eigenvalue weighted by molar-refractivity contribution is 8.00. The fraction of sp³-hybridized carbons (Fsp3) is 0.462. The molecule has 1 aromatic carbocycles. The lowest BCUT2D eigenvalue weighted by Gasteiger charge is -2.16. The molecule has 3 nitrogen and oxygen atoms in total. The number of benzene rings is 1. The maximum Gasteiger partial charge on any atom is 0.233 e. The highest BCUT2D eigenvalue weighted by Crippen LogP contribution is 2.24. The number of rotatable bonds is 6. The largest absolute Gasteiger partial charge is 0.383 e. The fourth-order valence-electron chi connectivity index (χ4n) is 1.42. The van der Waals surface area contributed by atoms with E-state index in [1.165, 1.54) is 11.8 Å². The van der Waals surface area contributed by atoms with Gasteiger partial charge in [0.2, 0.25) is 5.91 Å². The third-order valence-electron chi connectivity index (χ3n) is 2.30. The zero-order valence-electron chi connectivity index (χ0n) is 10.8. The molecule has 0 fully saturated rings. The van der Waals surface area contributed by atoms with Crippen LogP contribution in [0.25, 0.3) is 0 Å². The molecule has 2 unspecified atom stereocenters. The summed E-state index contributed by atoms with van der Waals surface area (Å²) >= 11 is 7.32. The molecule has 0 heterocycles. The molecule has 0 aliphatic rings. The van der Waals surface area contributed by atoms with Crippen LogP contribution in [-0.4, -0.2) is 30.9 Å². The van der Waals surface area contributed by atoms with Crippen molar-refractivity contribution in [3.63, 3.8) is 0 Å². The summed E-state index contributed by atoms with van der Waals surface area (Å²) in [7, 11) is 1.62. The Labute approximate surface area is 117 Å². The van der Waals surface area contributed by atoms with Crippen LogP contribution in [0.15, 0.2) is 29.2 Å². The molecule has 18 heavy (non-hydrogen) atoms. The molecule has 1 N–H and O–H groups in total. The van der Waals surface area contributed by atoms with Crippen molar-refractivity contribution in [3.8, 4) is 0 Å². The highest BCUT2D eigenvalue weighted by atomic mass is 35.5. The molecule has 0 aliphatic carbocycles. The lowest BCUT2D eigenvalue weighted by atomic mass is 10.3. The molecule has 0 radical (unpaired) electrons. The first-order chi connectivity index (χ1) is 8.52. The predicted octanol–water partition coefficient (Wildman–Crippen LogP) is 2.97. The summed E-state index contributed by atoms with van der Waals surface area (Å²) in [6.45, 7) is 4.32. The van der Waals surface area contributed by atoms with Crippen LogP contribution in [-0.2, 0) is 9.53 Å². The fourth-order valence-corrected chi connectivity index (χ4v) is 2.43. The SMILES string of the molecule is COCC(C)NC(=O)C(C)Sc1ccc(Cl)cc1. The molecule has 0 saturated carbocycles. The second-order valence-electron chi connectivity index (χ2n) is 4.08. The van der Waals surface area contributed by atoms with Crippen molar-refractivity contribution in [3.05, 3.63) is 29.3 Å². The Morgan fingerprint density at radius 1 is 1.39 bits per heavy atom. The zero-order chi connectivity index (χ0) is 13.5. The molecule has 0 saturated heterocycles. The molecule has 0 spiro atoms. The van der Waals surface area contributed by atoms with Gasteiger partial charge in [-0.2, -0.15) is 0 Å². The molecular formula is C13H18ClNO2S. The van der Waals surface area contributed by atoms with E-state index in [2.05, 4.69) is 5.32 Å². The number of thioether (sulfide) groups is 1. The Morgan fingerprint density at radius 2 is 2.00 bits per heavy atom. The predicted molar refractivity (Wildman–Crippen MR) is 76.3 cm³/mol. The zero-order valence-corrected chi connectivity index (χ0v) is 12.3. The van der Waals surface area contributed by atoms with Crippen LogP contribution in [0.4, 0.5) is 0 Å². The average molecular weight is 288 g/mol. The number of halogens is 1. The standard InChI is InChI=1S/C13H18ClNO2S/c1-9(8-17-3)15-13(16)10(2)18-12-6-4-11(14)5-7-12/h4-7,9-10H,8H2,1-3H3,(H,15,16). The number of carbonyl (C=O) groups excluding carboxylic acids is 1. The molecule has 2 atom stereocenters. The van der Waals surface area contributed by atoms with Crippen LogP contribution >= 0.6 is 23.4 Å². The summed E-state index contributed by atoms with van der Waals surface area (Å²) in [6, 6.07) is 7.49. The average Bonchev–Trinajstić information content (AvgIpc) is 2.32. The van der Waals surface area contributed by atoms with E-state index >= 15 is 0 Å². The third-order valence-corrected chi connectivity index (χ3v) is 3.66. The Bertz CT molecular complexity index is 383. The first-order valence-electron chi connectivity index (χ1n) is 5.74. The van der Waals surface area contributed by atoms with E-state index in [9.17, 15) is 4.79 Å². The molecule has 1 amide bonds. The van der Waals surface area contributed by atoms with Gasteiger partial charge in [-0.3, -0.25) is 4.79 Å². The van der Waals surface area contributed by atoms with Gasteiger partial charge < -0.3 is 10.1 Å². The molecule has 0 aromatic heterocycles. The van der Waals surface area contributed by atoms with Crippen LogP contribution in [0, 0.1) is 0 Å². The van der Waals surface area contributed by atoms with E-state index in [1.54, 1.807) is 7.11 Å². The number of amides is 1. The van der Waals surface area contributed by atoms with E-state index in [4.69, 9.17) is 16.3 Å².